The first-order valence-corrected chi connectivity index (χ1v) is 10.5. The summed E-state index contributed by atoms with van der Waals surface area (Å²) in [5.74, 6) is 1.32. The van der Waals surface area contributed by atoms with Gasteiger partial charge >= 0.3 is 0 Å². The lowest BCUT2D eigenvalue weighted by molar-refractivity contribution is -0.130. The summed E-state index contributed by atoms with van der Waals surface area (Å²) in [6.45, 7) is 4.12. The number of hydrogen-bond donors (Lipinski definition) is 2. The Hall–Kier alpha value is -2.33. The molecule has 0 radical (unpaired) electrons. The Morgan fingerprint density at radius 3 is 2.53 bits per heavy atom. The number of halogens is 1. The van der Waals surface area contributed by atoms with Crippen LogP contribution in [0.15, 0.2) is 59.6 Å². The molecule has 0 aromatic heterocycles. The van der Waals surface area contributed by atoms with E-state index in [2.05, 4.69) is 34.7 Å². The smallest absolute Gasteiger partial charge is 0.259 e. The molecule has 2 aromatic rings. The van der Waals surface area contributed by atoms with Crippen molar-refractivity contribution in [2.45, 2.75) is 26.0 Å². The van der Waals surface area contributed by atoms with Gasteiger partial charge in [-0.15, -0.1) is 24.0 Å². The highest BCUT2D eigenvalue weighted by molar-refractivity contribution is 14.0. The molecule has 1 amide bonds. The van der Waals surface area contributed by atoms with Crippen molar-refractivity contribution in [2.75, 3.05) is 40.9 Å². The molecule has 2 N–H and O–H groups in total. The maximum absolute atomic E-state index is 11.7. The summed E-state index contributed by atoms with van der Waals surface area (Å²) in [4.78, 5) is 17.4. The summed E-state index contributed by atoms with van der Waals surface area (Å²) in [6.07, 6.45) is 0.960. The minimum Gasteiger partial charge on any atom is -0.484 e. The van der Waals surface area contributed by atoms with Crippen LogP contribution in [0.4, 0.5) is 0 Å². The van der Waals surface area contributed by atoms with Crippen LogP contribution in [-0.2, 0) is 16.1 Å². The van der Waals surface area contributed by atoms with Gasteiger partial charge in [-0.25, -0.2) is 0 Å². The predicted molar refractivity (Wildman–Crippen MR) is 140 cm³/mol. The molecule has 8 heteroatoms. The van der Waals surface area contributed by atoms with Crippen LogP contribution in [0.1, 0.15) is 30.6 Å². The molecule has 0 aliphatic rings. The van der Waals surface area contributed by atoms with E-state index in [1.807, 2.05) is 42.5 Å². The van der Waals surface area contributed by atoms with Crippen LogP contribution < -0.4 is 15.4 Å². The van der Waals surface area contributed by atoms with Crippen LogP contribution in [0.25, 0.3) is 0 Å². The second kappa shape index (κ2) is 15.5. The van der Waals surface area contributed by atoms with Crippen molar-refractivity contribution in [2.24, 2.45) is 4.99 Å². The first-order valence-electron chi connectivity index (χ1n) is 10.5. The summed E-state index contributed by atoms with van der Waals surface area (Å²) in [5, 5.41) is 6.59. The number of aliphatic imine (C=N–C) groups is 1. The molecule has 7 nitrogen and oxygen atoms in total. The molecular formula is C24H35IN4O3. The highest BCUT2D eigenvalue weighted by Gasteiger charge is 2.06. The Bertz CT molecular complexity index is 831. The second-order valence-corrected chi connectivity index (χ2v) is 7.35. The molecular weight excluding hydrogens is 519 g/mol. The first-order chi connectivity index (χ1) is 15.0. The minimum atomic E-state index is -0.0738. The number of ether oxygens (including phenoxy) is 2. The Morgan fingerprint density at radius 1 is 1.09 bits per heavy atom. The molecule has 2 rings (SSSR count). The molecule has 0 saturated heterocycles. The third-order valence-electron chi connectivity index (χ3n) is 4.69. The van der Waals surface area contributed by atoms with Crippen molar-refractivity contribution >= 4 is 35.8 Å². The quantitative estimate of drug-likeness (QED) is 0.192. The SMILES string of the molecule is CN=C(NCCCOC(C)c1ccccc1)NCc1cccc(OCC(=O)N(C)C)c1.I. The highest BCUT2D eigenvalue weighted by Crippen LogP contribution is 2.16. The lowest BCUT2D eigenvalue weighted by atomic mass is 10.1. The zero-order valence-electron chi connectivity index (χ0n) is 19.3. The Balaban J connectivity index is 0.00000512. The fourth-order valence-corrected chi connectivity index (χ4v) is 2.79. The van der Waals surface area contributed by atoms with Crippen LogP contribution in [0.2, 0.25) is 0 Å². The summed E-state index contributed by atoms with van der Waals surface area (Å²) in [6, 6.07) is 17.9. The number of hydrogen-bond acceptors (Lipinski definition) is 4. The molecule has 32 heavy (non-hydrogen) atoms. The third kappa shape index (κ3) is 10.3. The van der Waals surface area contributed by atoms with Crippen LogP contribution >= 0.6 is 24.0 Å². The number of benzene rings is 2. The molecule has 0 saturated carbocycles. The highest BCUT2D eigenvalue weighted by atomic mass is 127. The zero-order valence-corrected chi connectivity index (χ0v) is 21.7. The maximum Gasteiger partial charge on any atom is 0.259 e. The molecule has 0 spiro atoms. The largest absolute Gasteiger partial charge is 0.484 e. The van der Waals surface area contributed by atoms with Crippen LogP contribution in [0.5, 0.6) is 5.75 Å². The van der Waals surface area contributed by atoms with Gasteiger partial charge in [-0.3, -0.25) is 9.79 Å². The van der Waals surface area contributed by atoms with Gasteiger partial charge in [0.2, 0.25) is 0 Å². The number of amides is 1. The van der Waals surface area contributed by atoms with Gasteiger partial charge in [-0.2, -0.15) is 0 Å². The molecule has 0 bridgehead atoms. The van der Waals surface area contributed by atoms with Crippen molar-refractivity contribution in [3.63, 3.8) is 0 Å². The van der Waals surface area contributed by atoms with E-state index in [1.165, 1.54) is 10.5 Å². The number of nitrogens with one attached hydrogen (secondary N) is 2. The van der Waals surface area contributed by atoms with Gasteiger partial charge in [0, 0.05) is 40.8 Å². The van der Waals surface area contributed by atoms with Gasteiger partial charge in [-0.1, -0.05) is 42.5 Å². The average molecular weight is 554 g/mol. The molecule has 1 unspecified atom stereocenters. The Morgan fingerprint density at radius 2 is 1.84 bits per heavy atom. The third-order valence-corrected chi connectivity index (χ3v) is 4.69. The van der Waals surface area contributed by atoms with Crippen LogP contribution in [0.3, 0.4) is 0 Å². The van der Waals surface area contributed by atoms with E-state index in [9.17, 15) is 4.79 Å². The summed E-state index contributed by atoms with van der Waals surface area (Å²) in [5.41, 5.74) is 2.22. The van der Waals surface area contributed by atoms with E-state index in [-0.39, 0.29) is 42.6 Å². The number of carbonyl (C=O) groups is 1. The second-order valence-electron chi connectivity index (χ2n) is 7.35. The topological polar surface area (TPSA) is 75.2 Å². The van der Waals surface area contributed by atoms with Gasteiger partial charge in [-0.05, 0) is 36.6 Å². The molecule has 1 atom stereocenters. The van der Waals surface area contributed by atoms with E-state index < -0.39 is 0 Å². The predicted octanol–water partition coefficient (Wildman–Crippen LogP) is 3.60. The molecule has 0 heterocycles. The Kier molecular flexibility index (Phi) is 13.4. The summed E-state index contributed by atoms with van der Waals surface area (Å²) in [7, 11) is 5.16. The van der Waals surface area contributed by atoms with E-state index in [4.69, 9.17) is 9.47 Å². The van der Waals surface area contributed by atoms with Crippen molar-refractivity contribution < 1.29 is 14.3 Å². The minimum absolute atomic E-state index is 0. The van der Waals surface area contributed by atoms with Crippen molar-refractivity contribution in [1.82, 2.24) is 15.5 Å². The Labute approximate surface area is 208 Å². The van der Waals surface area contributed by atoms with Gasteiger partial charge in [0.1, 0.15) is 5.75 Å². The van der Waals surface area contributed by atoms with Gasteiger partial charge in [0.25, 0.3) is 5.91 Å². The van der Waals surface area contributed by atoms with Gasteiger partial charge in [0.15, 0.2) is 12.6 Å². The van der Waals surface area contributed by atoms with Crippen molar-refractivity contribution in [3.8, 4) is 5.75 Å². The van der Waals surface area contributed by atoms with E-state index in [1.54, 1.807) is 21.1 Å². The molecule has 176 valence electrons. The zero-order chi connectivity index (χ0) is 22.5. The fourth-order valence-electron chi connectivity index (χ4n) is 2.79. The first kappa shape index (κ1) is 27.7. The average Bonchev–Trinajstić information content (AvgIpc) is 2.79. The van der Waals surface area contributed by atoms with Crippen LogP contribution in [0, 0.1) is 0 Å². The summed E-state index contributed by atoms with van der Waals surface area (Å²) >= 11 is 0. The molecule has 2 aromatic carbocycles. The normalized spacial score (nSPS) is 11.8. The van der Waals surface area contributed by atoms with Gasteiger partial charge in [0.05, 0.1) is 6.10 Å². The van der Waals surface area contributed by atoms with Crippen molar-refractivity contribution in [1.29, 1.82) is 0 Å². The number of nitrogens with zero attached hydrogens (tertiary/aromatic N) is 2. The standard InChI is InChI=1S/C24H34N4O3.HI/c1-19(21-11-6-5-7-12-21)30-15-9-14-26-24(25-2)27-17-20-10-8-13-22(16-20)31-18-23(29)28(3)4;/h5-8,10-13,16,19H,9,14-15,17-18H2,1-4H3,(H2,25,26,27);1H. The van der Waals surface area contributed by atoms with E-state index >= 15 is 0 Å². The number of guanidine groups is 1. The number of likely N-dealkylation sites (N-methyl/N-ethyl adjacent to an activating group) is 1. The lowest BCUT2D eigenvalue weighted by Gasteiger charge is -2.15. The summed E-state index contributed by atoms with van der Waals surface area (Å²) < 4.78 is 11.5. The molecule has 0 fully saturated rings. The number of rotatable bonds is 11. The fraction of sp³-hybridized carbons (Fsp3) is 0.417. The van der Waals surface area contributed by atoms with Crippen LogP contribution in [-0.4, -0.2) is 57.7 Å². The molecule has 0 aliphatic heterocycles. The van der Waals surface area contributed by atoms with E-state index in [0.717, 1.165) is 24.5 Å². The maximum atomic E-state index is 11.7. The van der Waals surface area contributed by atoms with Crippen molar-refractivity contribution in [3.05, 3.63) is 65.7 Å². The number of carbonyl (C=O) groups excluding carboxylic acids is 1. The van der Waals surface area contributed by atoms with E-state index in [0.29, 0.717) is 18.9 Å². The monoisotopic (exact) mass is 554 g/mol. The lowest BCUT2D eigenvalue weighted by Crippen LogP contribution is -2.37. The molecule has 0 aliphatic carbocycles. The van der Waals surface area contributed by atoms with Gasteiger partial charge < -0.3 is 25.0 Å².